The first-order valence-electron chi connectivity index (χ1n) is 28.3. The topological polar surface area (TPSA) is 72.1 Å². The molecule has 3 aromatic heterocycles. The number of nitrogens with zero attached hydrogens (tertiary/aromatic N) is 5. The zero-order valence-corrected chi connectivity index (χ0v) is 45.0. The van der Waals surface area contributed by atoms with Gasteiger partial charge in [0.1, 0.15) is 18.2 Å². The Morgan fingerprint density at radius 2 is 1.10 bits per heavy atom. The molecule has 15 rings (SSSR count). The predicted molar refractivity (Wildman–Crippen MR) is 336 cm³/mol. The molecule has 0 bridgehead atoms. The van der Waals surface area contributed by atoms with Crippen LogP contribution in [0.25, 0.3) is 99.8 Å². The molecule has 2 atom stereocenters. The summed E-state index contributed by atoms with van der Waals surface area (Å²) in [4.78, 5) is 16.5. The van der Waals surface area contributed by atoms with Crippen molar-refractivity contribution < 1.29 is 0 Å². The number of amidine groups is 1. The normalized spacial score (nSPS) is 16.3. The summed E-state index contributed by atoms with van der Waals surface area (Å²) in [6.07, 6.45) is 14.0. The second-order valence-corrected chi connectivity index (χ2v) is 21.4. The highest BCUT2D eigenvalue weighted by Crippen LogP contribution is 2.48. The van der Waals surface area contributed by atoms with Crippen LogP contribution in [-0.4, -0.2) is 31.1 Å². The molecule has 0 fully saturated rings. The molecular weight excluding hydrogens is 987 g/mol. The Labute approximate surface area is 471 Å². The maximum atomic E-state index is 5.56. The molecule has 0 saturated heterocycles. The predicted octanol–water partition coefficient (Wildman–Crippen LogP) is 17.5. The summed E-state index contributed by atoms with van der Waals surface area (Å²) >= 11 is 0. The summed E-state index contributed by atoms with van der Waals surface area (Å²) in [5.41, 5.74) is 21.1. The smallest absolute Gasteiger partial charge is 0.156 e. The highest BCUT2D eigenvalue weighted by Gasteiger charge is 2.32. The van der Waals surface area contributed by atoms with Gasteiger partial charge in [0.15, 0.2) is 5.82 Å². The lowest BCUT2D eigenvalue weighted by atomic mass is 9.91. The Hall–Kier alpha value is -9.95. The number of fused-ring (bicyclic) bond motifs is 7. The number of benzene rings is 9. The zero-order chi connectivity index (χ0) is 53.8. The van der Waals surface area contributed by atoms with Crippen molar-refractivity contribution in [3.63, 3.8) is 0 Å². The van der Waals surface area contributed by atoms with Gasteiger partial charge in [-0.3, -0.25) is 5.32 Å². The van der Waals surface area contributed by atoms with Gasteiger partial charge in [-0.2, -0.15) is 0 Å². The average molecular weight is 1040 g/mol. The zero-order valence-electron chi connectivity index (χ0n) is 45.0. The Bertz CT molecular complexity index is 4560. The number of hydrogen-bond donors (Lipinski definition) is 2. The van der Waals surface area contributed by atoms with Crippen LogP contribution in [0.15, 0.2) is 265 Å². The van der Waals surface area contributed by atoms with Gasteiger partial charge in [0, 0.05) is 60.6 Å². The molecule has 0 spiro atoms. The fraction of sp³-hybridized carbons (Fsp3) is 0.0946. The van der Waals surface area contributed by atoms with E-state index in [1.54, 1.807) is 0 Å². The van der Waals surface area contributed by atoms with Gasteiger partial charge in [0.05, 0.1) is 39.1 Å². The van der Waals surface area contributed by atoms with E-state index in [-0.39, 0.29) is 6.17 Å². The van der Waals surface area contributed by atoms with E-state index in [1.807, 2.05) is 0 Å². The Balaban J connectivity index is 1.02. The van der Waals surface area contributed by atoms with Crippen molar-refractivity contribution in [1.29, 1.82) is 0 Å². The van der Waals surface area contributed by atoms with Crippen molar-refractivity contribution in [1.82, 2.24) is 29.7 Å². The maximum absolute atomic E-state index is 5.56. The van der Waals surface area contributed by atoms with Crippen LogP contribution >= 0.6 is 0 Å². The number of aromatic nitrogens is 4. The van der Waals surface area contributed by atoms with Crippen LogP contribution in [0.5, 0.6) is 0 Å². The lowest BCUT2D eigenvalue weighted by Gasteiger charge is -2.35. The second-order valence-electron chi connectivity index (χ2n) is 21.4. The average Bonchev–Trinajstić information content (AvgIpc) is 4.29. The quantitative estimate of drug-likeness (QED) is 0.143. The molecule has 7 nitrogen and oxygen atoms in total. The summed E-state index contributed by atoms with van der Waals surface area (Å²) in [5.74, 6) is 1.60. The van der Waals surface area contributed by atoms with Crippen molar-refractivity contribution >= 4 is 60.6 Å². The van der Waals surface area contributed by atoms with Crippen molar-refractivity contribution in [3.8, 4) is 45.0 Å². The van der Waals surface area contributed by atoms with Crippen LogP contribution in [0.1, 0.15) is 59.9 Å². The molecule has 12 aromatic rings. The van der Waals surface area contributed by atoms with Gasteiger partial charge in [-0.05, 0) is 103 Å². The van der Waals surface area contributed by atoms with E-state index in [0.717, 1.165) is 121 Å². The highest BCUT2D eigenvalue weighted by atomic mass is 15.3. The molecule has 3 aliphatic rings. The van der Waals surface area contributed by atoms with Crippen molar-refractivity contribution in [2.75, 3.05) is 0 Å². The highest BCUT2D eigenvalue weighted by molar-refractivity contribution is 6.29. The summed E-state index contributed by atoms with van der Waals surface area (Å²) in [7, 11) is 0. The van der Waals surface area contributed by atoms with E-state index in [0.29, 0.717) is 0 Å². The number of aliphatic imine (C=N–C) groups is 1. The van der Waals surface area contributed by atoms with Gasteiger partial charge >= 0.3 is 0 Å². The van der Waals surface area contributed by atoms with Gasteiger partial charge in [-0.25, -0.2) is 15.0 Å². The summed E-state index contributed by atoms with van der Waals surface area (Å²) in [6, 6.07) is 81.0. The molecule has 7 heteroatoms. The third-order valence-corrected chi connectivity index (χ3v) is 16.6. The lowest BCUT2D eigenvalue weighted by molar-refractivity contribution is 0.425. The van der Waals surface area contributed by atoms with Gasteiger partial charge in [-0.15, -0.1) is 0 Å². The molecule has 2 N–H and O–H groups in total. The first-order valence-corrected chi connectivity index (χ1v) is 28.3. The van der Waals surface area contributed by atoms with Gasteiger partial charge < -0.3 is 14.5 Å². The SMILES string of the molecule is Cc1c(-c2ccccc2)nc(C2=CC=CCC2)nc1-c1ccc(-n2c3ccccc3c3cc(-c4ccccc4)c4c(c5ccccc5n4-c4ccccc4)c32)c(C2NC(c3ccccc3)=NC(C3=CC=C(c4ccccc4)CC3)N2)c1. The van der Waals surface area contributed by atoms with Crippen LogP contribution in [0.4, 0.5) is 0 Å². The van der Waals surface area contributed by atoms with Crippen molar-refractivity contribution in [2.24, 2.45) is 4.99 Å². The number of para-hydroxylation sites is 3. The summed E-state index contributed by atoms with van der Waals surface area (Å²) in [5, 5.41) is 12.9. The Morgan fingerprint density at radius 3 is 1.78 bits per heavy atom. The molecule has 1 aliphatic heterocycles. The number of rotatable bonds is 10. The molecule has 4 heterocycles. The summed E-state index contributed by atoms with van der Waals surface area (Å²) in [6.45, 7) is 2.18. The van der Waals surface area contributed by atoms with Crippen LogP contribution in [0.3, 0.4) is 0 Å². The van der Waals surface area contributed by atoms with E-state index in [9.17, 15) is 0 Å². The second kappa shape index (κ2) is 20.4. The van der Waals surface area contributed by atoms with Gasteiger partial charge in [0.25, 0.3) is 0 Å². The molecule has 0 radical (unpaired) electrons. The van der Waals surface area contributed by atoms with Crippen LogP contribution in [0, 0.1) is 6.92 Å². The lowest BCUT2D eigenvalue weighted by Crippen LogP contribution is -2.49. The first kappa shape index (κ1) is 48.2. The molecule has 388 valence electrons. The molecule has 2 unspecified atom stereocenters. The monoisotopic (exact) mass is 1040 g/mol. The van der Waals surface area contributed by atoms with Gasteiger partial charge in [0.2, 0.25) is 0 Å². The molecule has 0 saturated carbocycles. The van der Waals surface area contributed by atoms with Crippen LogP contribution in [-0.2, 0) is 0 Å². The van der Waals surface area contributed by atoms with E-state index in [2.05, 4.69) is 282 Å². The van der Waals surface area contributed by atoms with Gasteiger partial charge in [-0.1, -0.05) is 212 Å². The first-order chi connectivity index (χ1) is 40.1. The minimum atomic E-state index is -0.416. The van der Waals surface area contributed by atoms with Crippen molar-refractivity contribution in [2.45, 2.75) is 44.9 Å². The molecule has 81 heavy (non-hydrogen) atoms. The minimum Gasteiger partial charge on any atom is -0.350 e. The van der Waals surface area contributed by atoms with E-state index in [1.165, 1.54) is 43.8 Å². The van der Waals surface area contributed by atoms with E-state index < -0.39 is 6.17 Å². The molecule has 9 aromatic carbocycles. The Kier molecular flexibility index (Phi) is 12.1. The molecule has 0 amide bonds. The standard InChI is InChI=1S/C74H57N7/c1-48-67(52-28-12-4-13-29-52)75-71(53-30-14-5-15-31-53)76-68(48)56-44-45-65(62(46-56)74-78-72(54-32-16-6-17-33-54)77-73(79-74)55-42-40-50(41-43-55)49-24-8-2-9-25-49)81-63-38-22-20-36-58(63)61-47-60(51-26-10-3-11-27-51)69-66(70(61)81)59-37-21-23-39-64(59)80(69)57-34-18-7-19-35-57/h2-14,16-30,32-40,42,44-47,73-74,79H,15,31,41,43H2,1H3,(H,77,78). The van der Waals surface area contributed by atoms with E-state index >= 15 is 0 Å². The largest absolute Gasteiger partial charge is 0.350 e. The van der Waals surface area contributed by atoms with Crippen LogP contribution < -0.4 is 10.6 Å². The summed E-state index contributed by atoms with van der Waals surface area (Å²) < 4.78 is 5.03. The fourth-order valence-electron chi connectivity index (χ4n) is 12.7. The maximum Gasteiger partial charge on any atom is 0.156 e. The number of allylic oxidation sites excluding steroid dienone is 7. The number of hydrogen-bond acceptors (Lipinski definition) is 5. The fourth-order valence-corrected chi connectivity index (χ4v) is 12.7. The minimum absolute atomic E-state index is 0.318. The van der Waals surface area contributed by atoms with Crippen LogP contribution in [0.2, 0.25) is 0 Å². The third-order valence-electron chi connectivity index (χ3n) is 16.6. The molecule has 2 aliphatic carbocycles. The Morgan fingerprint density at radius 1 is 0.481 bits per heavy atom. The van der Waals surface area contributed by atoms with Crippen molar-refractivity contribution in [3.05, 3.63) is 288 Å². The third kappa shape index (κ3) is 8.53. The van der Waals surface area contributed by atoms with E-state index in [4.69, 9.17) is 15.0 Å². The number of nitrogens with one attached hydrogen (secondary N) is 2. The molecular formula is C74H57N7.